The van der Waals surface area contributed by atoms with Gasteiger partial charge in [0.15, 0.2) is 0 Å². The lowest BCUT2D eigenvalue weighted by Gasteiger charge is -1.83. The summed E-state index contributed by atoms with van der Waals surface area (Å²) in [6.45, 7) is 0. The fourth-order valence-electron chi connectivity index (χ4n) is 0.387. The molecule has 0 amide bonds. The molecule has 0 aromatic carbocycles. The molecule has 2 heteroatoms. The van der Waals surface area contributed by atoms with E-state index in [0.717, 1.165) is 0 Å². The molecule has 1 aliphatic carbocycles. The number of hydrogen-bond donors (Lipinski definition) is 0. The Morgan fingerprint density at radius 2 is 2.33 bits per heavy atom. The fraction of sp³-hybridized carbons (Fsp3) is 1.00. The van der Waals surface area contributed by atoms with E-state index in [1.54, 1.807) is 7.11 Å². The summed E-state index contributed by atoms with van der Waals surface area (Å²) in [5, 5.41) is 0. The molecule has 1 saturated carbocycles. The van der Waals surface area contributed by atoms with Gasteiger partial charge in [-0.1, -0.05) is 15.9 Å². The van der Waals surface area contributed by atoms with Crippen molar-refractivity contribution in [1.82, 2.24) is 0 Å². The zero-order valence-electron chi connectivity index (χ0n) is 3.65. The molecule has 36 valence electrons. The van der Waals surface area contributed by atoms with Gasteiger partial charge in [-0.3, -0.25) is 0 Å². The Kier molecular flexibility index (Phi) is 1.15. The molecule has 0 N–H and O–H groups in total. The van der Waals surface area contributed by atoms with Gasteiger partial charge in [0.2, 0.25) is 0 Å². The third kappa shape index (κ3) is 0.738. The van der Waals surface area contributed by atoms with E-state index in [0.29, 0.717) is 10.9 Å². The lowest BCUT2D eigenvalue weighted by molar-refractivity contribution is 0.185. The maximum Gasteiger partial charge on any atom is 0.0708 e. The van der Waals surface area contributed by atoms with Crippen LogP contribution < -0.4 is 0 Å². The normalized spacial score (nSPS) is 43.0. The van der Waals surface area contributed by atoms with Crippen molar-refractivity contribution in [2.45, 2.75) is 17.4 Å². The van der Waals surface area contributed by atoms with Crippen molar-refractivity contribution in [3.63, 3.8) is 0 Å². The predicted molar refractivity (Wildman–Crippen MR) is 28.1 cm³/mol. The van der Waals surface area contributed by atoms with E-state index in [-0.39, 0.29) is 0 Å². The summed E-state index contributed by atoms with van der Waals surface area (Å²) in [5.41, 5.74) is 0. The minimum atomic E-state index is 0.519. The Morgan fingerprint density at radius 3 is 2.33 bits per heavy atom. The largest absolute Gasteiger partial charge is 0.380 e. The fourth-order valence-corrected chi connectivity index (χ4v) is 0.972. The molecular formula is C4H7BrO. The van der Waals surface area contributed by atoms with E-state index < -0.39 is 0 Å². The quantitative estimate of drug-likeness (QED) is 0.511. The van der Waals surface area contributed by atoms with Crippen molar-refractivity contribution in [2.75, 3.05) is 7.11 Å². The van der Waals surface area contributed by atoms with Crippen LogP contribution in [0.1, 0.15) is 6.42 Å². The number of methoxy groups -OCH3 is 1. The summed E-state index contributed by atoms with van der Waals surface area (Å²) in [7, 11) is 1.74. The van der Waals surface area contributed by atoms with Gasteiger partial charge in [-0.2, -0.15) is 0 Å². The molecule has 0 saturated heterocycles. The summed E-state index contributed by atoms with van der Waals surface area (Å²) in [6, 6.07) is 0. The van der Waals surface area contributed by atoms with Crippen LogP contribution in [0.4, 0.5) is 0 Å². The Labute approximate surface area is 45.8 Å². The van der Waals surface area contributed by atoms with E-state index in [1.807, 2.05) is 0 Å². The number of alkyl halides is 1. The van der Waals surface area contributed by atoms with Crippen LogP contribution in [0, 0.1) is 0 Å². The predicted octanol–water partition coefficient (Wildman–Crippen LogP) is 1.17. The van der Waals surface area contributed by atoms with Gasteiger partial charge in [0.05, 0.1) is 6.10 Å². The third-order valence-electron chi connectivity index (χ3n) is 0.961. The molecule has 2 unspecified atom stereocenters. The Bertz CT molecular complexity index is 53.5. The van der Waals surface area contributed by atoms with E-state index in [9.17, 15) is 0 Å². The second kappa shape index (κ2) is 1.51. The molecule has 1 aliphatic rings. The van der Waals surface area contributed by atoms with Crippen molar-refractivity contribution < 1.29 is 4.74 Å². The average molecular weight is 151 g/mol. The van der Waals surface area contributed by atoms with Crippen LogP contribution in [0.5, 0.6) is 0 Å². The summed E-state index contributed by atoms with van der Waals surface area (Å²) in [6.07, 6.45) is 1.71. The summed E-state index contributed by atoms with van der Waals surface area (Å²) in [5.74, 6) is 0. The first-order chi connectivity index (χ1) is 2.84. The van der Waals surface area contributed by atoms with Crippen molar-refractivity contribution in [3.8, 4) is 0 Å². The van der Waals surface area contributed by atoms with Crippen molar-refractivity contribution in [3.05, 3.63) is 0 Å². The van der Waals surface area contributed by atoms with Gasteiger partial charge in [-0.25, -0.2) is 0 Å². The molecule has 0 aromatic heterocycles. The first-order valence-corrected chi connectivity index (χ1v) is 2.93. The minimum Gasteiger partial charge on any atom is -0.380 e. The van der Waals surface area contributed by atoms with Gasteiger partial charge in [0, 0.05) is 11.9 Å². The highest BCUT2D eigenvalue weighted by Crippen LogP contribution is 2.31. The molecule has 2 atom stereocenters. The smallest absolute Gasteiger partial charge is 0.0708 e. The van der Waals surface area contributed by atoms with Crippen LogP contribution in [-0.4, -0.2) is 18.0 Å². The summed E-state index contributed by atoms with van der Waals surface area (Å²) < 4.78 is 4.93. The molecule has 0 radical (unpaired) electrons. The molecule has 0 heterocycles. The van der Waals surface area contributed by atoms with E-state index in [4.69, 9.17) is 4.74 Å². The minimum absolute atomic E-state index is 0.519. The SMILES string of the molecule is COC1CC1Br. The molecule has 1 rings (SSSR count). The molecule has 0 aliphatic heterocycles. The van der Waals surface area contributed by atoms with Crippen LogP contribution in [0.25, 0.3) is 0 Å². The second-order valence-corrected chi connectivity index (χ2v) is 2.70. The molecule has 6 heavy (non-hydrogen) atoms. The molecule has 0 bridgehead atoms. The van der Waals surface area contributed by atoms with Gasteiger partial charge in [-0.05, 0) is 6.42 Å². The molecule has 1 fully saturated rings. The standard InChI is InChI=1S/C4H7BrO/c1-6-4-2-3(4)5/h3-4H,2H2,1H3. The highest BCUT2D eigenvalue weighted by atomic mass is 79.9. The van der Waals surface area contributed by atoms with Crippen LogP contribution in [0.15, 0.2) is 0 Å². The average Bonchev–Trinajstić information content (AvgIpc) is 2.19. The van der Waals surface area contributed by atoms with E-state index in [2.05, 4.69) is 15.9 Å². The number of halogens is 1. The number of hydrogen-bond acceptors (Lipinski definition) is 1. The topological polar surface area (TPSA) is 9.23 Å². The lowest BCUT2D eigenvalue weighted by Crippen LogP contribution is -1.86. The van der Waals surface area contributed by atoms with Gasteiger partial charge in [0.25, 0.3) is 0 Å². The molecule has 0 aromatic rings. The lowest BCUT2D eigenvalue weighted by atomic mass is 10.8. The van der Waals surface area contributed by atoms with Gasteiger partial charge in [-0.15, -0.1) is 0 Å². The van der Waals surface area contributed by atoms with Gasteiger partial charge < -0.3 is 4.74 Å². The Balaban J connectivity index is 2.09. The van der Waals surface area contributed by atoms with Crippen molar-refractivity contribution in [2.24, 2.45) is 0 Å². The number of rotatable bonds is 1. The monoisotopic (exact) mass is 150 g/mol. The molecular weight excluding hydrogens is 144 g/mol. The first kappa shape index (κ1) is 4.60. The molecule has 0 spiro atoms. The van der Waals surface area contributed by atoms with Gasteiger partial charge in [0.1, 0.15) is 0 Å². The van der Waals surface area contributed by atoms with Crippen LogP contribution >= 0.6 is 15.9 Å². The van der Waals surface area contributed by atoms with Crippen molar-refractivity contribution in [1.29, 1.82) is 0 Å². The number of ether oxygens (including phenoxy) is 1. The highest BCUT2D eigenvalue weighted by molar-refractivity contribution is 9.09. The van der Waals surface area contributed by atoms with E-state index in [1.165, 1.54) is 6.42 Å². The zero-order valence-corrected chi connectivity index (χ0v) is 5.23. The summed E-state index contributed by atoms with van der Waals surface area (Å²) >= 11 is 3.38. The van der Waals surface area contributed by atoms with Crippen LogP contribution in [0.2, 0.25) is 0 Å². The van der Waals surface area contributed by atoms with E-state index >= 15 is 0 Å². The highest BCUT2D eigenvalue weighted by Gasteiger charge is 2.34. The summed E-state index contributed by atoms with van der Waals surface area (Å²) in [4.78, 5) is 0.655. The van der Waals surface area contributed by atoms with Crippen LogP contribution in [-0.2, 0) is 4.74 Å². The van der Waals surface area contributed by atoms with Gasteiger partial charge >= 0.3 is 0 Å². The molecule has 1 nitrogen and oxygen atoms in total. The second-order valence-electron chi connectivity index (χ2n) is 1.53. The first-order valence-electron chi connectivity index (χ1n) is 2.01. The maximum atomic E-state index is 4.93. The third-order valence-corrected chi connectivity index (χ3v) is 1.92. The maximum absolute atomic E-state index is 4.93. The van der Waals surface area contributed by atoms with Crippen molar-refractivity contribution >= 4 is 15.9 Å². The zero-order chi connectivity index (χ0) is 4.57. The Hall–Kier alpha value is 0.440. The van der Waals surface area contributed by atoms with Crippen LogP contribution in [0.3, 0.4) is 0 Å². The Morgan fingerprint density at radius 1 is 1.83 bits per heavy atom.